The Morgan fingerprint density at radius 2 is 1.71 bits per heavy atom. The summed E-state index contributed by atoms with van der Waals surface area (Å²) >= 11 is 0. The highest BCUT2D eigenvalue weighted by Gasteiger charge is 2.17. The lowest BCUT2D eigenvalue weighted by atomic mass is 10.2. The van der Waals surface area contributed by atoms with Crippen molar-refractivity contribution >= 4 is 5.91 Å². The normalized spacial score (nSPS) is 10.4. The van der Waals surface area contributed by atoms with Crippen molar-refractivity contribution in [3.63, 3.8) is 0 Å². The van der Waals surface area contributed by atoms with Crippen LogP contribution in [0, 0.1) is 0 Å². The second kappa shape index (κ2) is 9.48. The van der Waals surface area contributed by atoms with Crippen LogP contribution in [0.2, 0.25) is 0 Å². The third kappa shape index (κ3) is 4.83. The van der Waals surface area contributed by atoms with E-state index in [1.165, 1.54) is 6.20 Å². The van der Waals surface area contributed by atoms with Gasteiger partial charge in [-0.3, -0.25) is 4.79 Å². The standard InChI is InChI=1S/C21H21N3O4/c1-26-13-12-22-20(25)18-14-23-19(15-6-4-3-5-7-15)24-21(18)28-17-10-8-16(27-2)9-11-17/h3-11,14H,12-13H2,1-2H3,(H,22,25). The minimum absolute atomic E-state index is 0.175. The molecule has 28 heavy (non-hydrogen) atoms. The van der Waals surface area contributed by atoms with Crippen molar-refractivity contribution in [3.05, 3.63) is 66.4 Å². The minimum atomic E-state index is -0.333. The quantitative estimate of drug-likeness (QED) is 0.605. The lowest BCUT2D eigenvalue weighted by molar-refractivity contribution is 0.0933. The van der Waals surface area contributed by atoms with E-state index >= 15 is 0 Å². The molecule has 0 spiro atoms. The van der Waals surface area contributed by atoms with Crippen molar-refractivity contribution in [2.45, 2.75) is 0 Å². The Balaban J connectivity index is 1.92. The Morgan fingerprint density at radius 1 is 1.00 bits per heavy atom. The Labute approximate surface area is 163 Å². The molecular formula is C21H21N3O4. The van der Waals surface area contributed by atoms with Crippen LogP contribution in [-0.4, -0.2) is 43.2 Å². The first kappa shape index (κ1) is 19.3. The average molecular weight is 379 g/mol. The molecule has 2 aromatic carbocycles. The monoisotopic (exact) mass is 379 g/mol. The number of hydrogen-bond donors (Lipinski definition) is 1. The molecule has 1 heterocycles. The van der Waals surface area contributed by atoms with E-state index in [1.54, 1.807) is 38.5 Å². The van der Waals surface area contributed by atoms with E-state index in [0.29, 0.717) is 30.5 Å². The minimum Gasteiger partial charge on any atom is -0.497 e. The number of methoxy groups -OCH3 is 2. The van der Waals surface area contributed by atoms with Gasteiger partial charge in [0.2, 0.25) is 5.88 Å². The van der Waals surface area contributed by atoms with Gasteiger partial charge in [0.1, 0.15) is 17.1 Å². The molecule has 3 aromatic rings. The lowest BCUT2D eigenvalue weighted by Gasteiger charge is -2.12. The number of rotatable bonds is 8. The molecule has 7 nitrogen and oxygen atoms in total. The second-order valence-corrected chi connectivity index (χ2v) is 5.80. The summed E-state index contributed by atoms with van der Waals surface area (Å²) in [6.07, 6.45) is 1.47. The maximum Gasteiger partial charge on any atom is 0.258 e. The van der Waals surface area contributed by atoms with Gasteiger partial charge in [0.25, 0.3) is 5.91 Å². The van der Waals surface area contributed by atoms with Crippen LogP contribution >= 0.6 is 0 Å². The molecule has 0 saturated carbocycles. The zero-order valence-corrected chi connectivity index (χ0v) is 15.7. The van der Waals surface area contributed by atoms with Gasteiger partial charge >= 0.3 is 0 Å². The van der Waals surface area contributed by atoms with Crippen LogP contribution < -0.4 is 14.8 Å². The molecule has 0 aliphatic heterocycles. The fourth-order valence-electron chi connectivity index (χ4n) is 2.44. The van der Waals surface area contributed by atoms with E-state index in [4.69, 9.17) is 14.2 Å². The molecule has 0 aliphatic carbocycles. The van der Waals surface area contributed by atoms with Gasteiger partial charge in [-0.15, -0.1) is 0 Å². The number of aromatic nitrogens is 2. The van der Waals surface area contributed by atoms with Gasteiger partial charge in [0.05, 0.1) is 13.7 Å². The van der Waals surface area contributed by atoms with Gasteiger partial charge < -0.3 is 19.5 Å². The molecule has 7 heteroatoms. The van der Waals surface area contributed by atoms with Crippen molar-refractivity contribution in [2.24, 2.45) is 0 Å². The topological polar surface area (TPSA) is 82.6 Å². The molecule has 1 amide bonds. The average Bonchev–Trinajstić information content (AvgIpc) is 2.75. The molecule has 0 radical (unpaired) electrons. The van der Waals surface area contributed by atoms with Crippen molar-refractivity contribution < 1.29 is 19.0 Å². The highest BCUT2D eigenvalue weighted by molar-refractivity contribution is 5.96. The molecule has 144 valence electrons. The van der Waals surface area contributed by atoms with Gasteiger partial charge in [-0.1, -0.05) is 30.3 Å². The number of hydrogen-bond acceptors (Lipinski definition) is 6. The van der Waals surface area contributed by atoms with E-state index in [2.05, 4.69) is 15.3 Å². The number of carbonyl (C=O) groups is 1. The molecular weight excluding hydrogens is 358 g/mol. The first-order valence-corrected chi connectivity index (χ1v) is 8.72. The number of nitrogens with zero attached hydrogens (tertiary/aromatic N) is 2. The van der Waals surface area contributed by atoms with Crippen molar-refractivity contribution in [1.82, 2.24) is 15.3 Å². The molecule has 0 bridgehead atoms. The van der Waals surface area contributed by atoms with E-state index < -0.39 is 0 Å². The second-order valence-electron chi connectivity index (χ2n) is 5.80. The lowest BCUT2D eigenvalue weighted by Crippen LogP contribution is -2.27. The smallest absolute Gasteiger partial charge is 0.258 e. The summed E-state index contributed by atoms with van der Waals surface area (Å²) in [7, 11) is 3.16. The largest absolute Gasteiger partial charge is 0.497 e. The van der Waals surface area contributed by atoms with Crippen LogP contribution in [0.3, 0.4) is 0 Å². The highest BCUT2D eigenvalue weighted by atomic mass is 16.5. The van der Waals surface area contributed by atoms with Crippen LogP contribution in [0.5, 0.6) is 17.4 Å². The maximum absolute atomic E-state index is 12.5. The van der Waals surface area contributed by atoms with Crippen LogP contribution in [-0.2, 0) is 4.74 Å². The SMILES string of the molecule is COCCNC(=O)c1cnc(-c2ccccc2)nc1Oc1ccc(OC)cc1. The predicted molar refractivity (Wildman–Crippen MR) is 105 cm³/mol. The van der Waals surface area contributed by atoms with Gasteiger partial charge in [0.15, 0.2) is 5.82 Å². The highest BCUT2D eigenvalue weighted by Crippen LogP contribution is 2.27. The van der Waals surface area contributed by atoms with Crippen LogP contribution in [0.1, 0.15) is 10.4 Å². The molecule has 0 atom stereocenters. The summed E-state index contributed by atoms with van der Waals surface area (Å²) in [6.45, 7) is 0.779. The van der Waals surface area contributed by atoms with E-state index in [9.17, 15) is 4.79 Å². The summed E-state index contributed by atoms with van der Waals surface area (Å²) in [6, 6.07) is 16.5. The summed E-state index contributed by atoms with van der Waals surface area (Å²) in [5.74, 6) is 1.55. The Bertz CT molecular complexity index is 915. The first-order valence-electron chi connectivity index (χ1n) is 8.72. The van der Waals surface area contributed by atoms with Crippen LogP contribution in [0.4, 0.5) is 0 Å². The van der Waals surface area contributed by atoms with Gasteiger partial charge in [0, 0.05) is 25.4 Å². The van der Waals surface area contributed by atoms with E-state index in [1.807, 2.05) is 30.3 Å². The predicted octanol–water partition coefficient (Wildman–Crippen LogP) is 3.32. The maximum atomic E-state index is 12.5. The van der Waals surface area contributed by atoms with E-state index in [-0.39, 0.29) is 17.4 Å². The number of ether oxygens (including phenoxy) is 3. The van der Waals surface area contributed by atoms with Crippen LogP contribution in [0.15, 0.2) is 60.8 Å². The van der Waals surface area contributed by atoms with Crippen molar-refractivity contribution in [2.75, 3.05) is 27.4 Å². The summed E-state index contributed by atoms with van der Waals surface area (Å²) < 4.78 is 16.0. The molecule has 0 fully saturated rings. The van der Waals surface area contributed by atoms with Gasteiger partial charge in [-0.05, 0) is 24.3 Å². The Morgan fingerprint density at radius 3 is 2.39 bits per heavy atom. The van der Waals surface area contributed by atoms with Crippen molar-refractivity contribution in [1.29, 1.82) is 0 Å². The molecule has 1 N–H and O–H groups in total. The number of amides is 1. The third-order valence-electron chi connectivity index (χ3n) is 3.90. The Kier molecular flexibility index (Phi) is 6.54. The zero-order chi connectivity index (χ0) is 19.8. The molecule has 0 aliphatic rings. The third-order valence-corrected chi connectivity index (χ3v) is 3.90. The number of carbonyl (C=O) groups excluding carboxylic acids is 1. The zero-order valence-electron chi connectivity index (χ0n) is 15.7. The molecule has 0 saturated heterocycles. The number of benzene rings is 2. The molecule has 0 unspecified atom stereocenters. The van der Waals surface area contributed by atoms with Gasteiger partial charge in [-0.2, -0.15) is 4.98 Å². The molecule has 3 rings (SSSR count). The van der Waals surface area contributed by atoms with Gasteiger partial charge in [-0.25, -0.2) is 4.98 Å². The van der Waals surface area contributed by atoms with E-state index in [0.717, 1.165) is 5.56 Å². The summed E-state index contributed by atoms with van der Waals surface area (Å²) in [4.78, 5) is 21.3. The van der Waals surface area contributed by atoms with Crippen molar-refractivity contribution in [3.8, 4) is 28.8 Å². The Hall–Kier alpha value is -3.45. The summed E-state index contributed by atoms with van der Waals surface area (Å²) in [5, 5.41) is 2.76. The summed E-state index contributed by atoms with van der Waals surface area (Å²) in [5.41, 5.74) is 1.07. The fourth-order valence-corrected chi connectivity index (χ4v) is 2.44. The first-order chi connectivity index (χ1) is 13.7. The molecule has 1 aromatic heterocycles. The fraction of sp³-hybridized carbons (Fsp3) is 0.190. The van der Waals surface area contributed by atoms with Crippen LogP contribution in [0.25, 0.3) is 11.4 Å². The number of nitrogens with one attached hydrogen (secondary N) is 1.